The van der Waals surface area contributed by atoms with Crippen molar-refractivity contribution in [1.82, 2.24) is 4.98 Å². The van der Waals surface area contributed by atoms with Gasteiger partial charge in [0.2, 0.25) is 0 Å². The number of benzene rings is 1. The molecule has 1 aromatic carbocycles. The zero-order chi connectivity index (χ0) is 13.0. The lowest BCUT2D eigenvalue weighted by atomic mass is 10.1. The molecule has 2 N–H and O–H groups in total. The molecule has 0 saturated heterocycles. The van der Waals surface area contributed by atoms with Crippen LogP contribution >= 0.6 is 0 Å². The van der Waals surface area contributed by atoms with Crippen LogP contribution in [-0.4, -0.2) is 16.1 Å². The highest BCUT2D eigenvalue weighted by Gasteiger charge is 2.03. The van der Waals surface area contributed by atoms with Crippen molar-refractivity contribution in [3.8, 4) is 0 Å². The first kappa shape index (κ1) is 12.4. The summed E-state index contributed by atoms with van der Waals surface area (Å²) in [5.41, 5.74) is 3.48. The fraction of sp³-hybridized carbons (Fsp3) is 0.267. The Kier molecular flexibility index (Phi) is 3.82. The van der Waals surface area contributed by atoms with E-state index in [0.717, 1.165) is 17.6 Å². The van der Waals surface area contributed by atoms with Gasteiger partial charge < -0.3 is 10.1 Å². The van der Waals surface area contributed by atoms with E-state index in [9.17, 15) is 4.79 Å². The Morgan fingerprint density at radius 2 is 2.17 bits per heavy atom. The van der Waals surface area contributed by atoms with Crippen molar-refractivity contribution in [2.24, 2.45) is 0 Å². The number of rotatable bonds is 5. The molecule has 1 heterocycles. The molecular formula is C15H17NO2. The largest absolute Gasteiger partial charge is 0.481 e. The summed E-state index contributed by atoms with van der Waals surface area (Å²) in [6.07, 6.45) is 5.84. The number of aliphatic carboxylic acids is 1. The second-order valence-electron chi connectivity index (χ2n) is 4.40. The van der Waals surface area contributed by atoms with E-state index in [1.807, 2.05) is 18.2 Å². The summed E-state index contributed by atoms with van der Waals surface area (Å²) in [6.45, 7) is 2.05. The minimum Gasteiger partial charge on any atom is -0.481 e. The van der Waals surface area contributed by atoms with Crippen LogP contribution in [0.5, 0.6) is 0 Å². The van der Waals surface area contributed by atoms with Gasteiger partial charge in [-0.25, -0.2) is 0 Å². The molecule has 0 amide bonds. The molecule has 3 nitrogen and oxygen atoms in total. The summed E-state index contributed by atoms with van der Waals surface area (Å²) in [5, 5.41) is 9.77. The first-order valence-electron chi connectivity index (χ1n) is 6.14. The van der Waals surface area contributed by atoms with Gasteiger partial charge in [-0.15, -0.1) is 0 Å². The van der Waals surface area contributed by atoms with Crippen molar-refractivity contribution in [1.29, 1.82) is 0 Å². The third-order valence-corrected chi connectivity index (χ3v) is 2.99. The number of nitrogens with one attached hydrogen (secondary N) is 1. The lowest BCUT2D eigenvalue weighted by Gasteiger charge is -1.94. The van der Waals surface area contributed by atoms with E-state index in [0.29, 0.717) is 6.42 Å². The van der Waals surface area contributed by atoms with Gasteiger partial charge in [-0.05, 0) is 25.8 Å². The number of aromatic amines is 1. The van der Waals surface area contributed by atoms with Crippen LogP contribution in [0.1, 0.15) is 30.5 Å². The molecular weight excluding hydrogens is 226 g/mol. The van der Waals surface area contributed by atoms with Crippen LogP contribution in [0.25, 0.3) is 17.0 Å². The first-order valence-corrected chi connectivity index (χ1v) is 6.14. The molecule has 3 heteroatoms. The fourth-order valence-corrected chi connectivity index (χ4v) is 2.09. The summed E-state index contributed by atoms with van der Waals surface area (Å²) >= 11 is 0. The van der Waals surface area contributed by atoms with Crippen LogP contribution in [0.15, 0.2) is 30.3 Å². The van der Waals surface area contributed by atoms with Gasteiger partial charge in [0.15, 0.2) is 0 Å². The van der Waals surface area contributed by atoms with Crippen molar-refractivity contribution < 1.29 is 9.90 Å². The van der Waals surface area contributed by atoms with Crippen molar-refractivity contribution >= 4 is 22.9 Å². The summed E-state index contributed by atoms with van der Waals surface area (Å²) < 4.78 is 0. The highest BCUT2D eigenvalue weighted by atomic mass is 16.4. The van der Waals surface area contributed by atoms with E-state index < -0.39 is 5.97 Å². The van der Waals surface area contributed by atoms with E-state index in [1.54, 1.807) is 0 Å². The van der Waals surface area contributed by atoms with Gasteiger partial charge >= 0.3 is 5.97 Å². The summed E-state index contributed by atoms with van der Waals surface area (Å²) in [4.78, 5) is 13.7. The average molecular weight is 243 g/mol. The maximum Gasteiger partial charge on any atom is 0.303 e. The zero-order valence-electron chi connectivity index (χ0n) is 10.4. The molecule has 94 valence electrons. The van der Waals surface area contributed by atoms with Crippen LogP contribution in [0.4, 0.5) is 0 Å². The molecule has 1 aromatic heterocycles. The number of hydrogen-bond donors (Lipinski definition) is 2. The average Bonchev–Trinajstić information content (AvgIpc) is 2.65. The highest BCUT2D eigenvalue weighted by molar-refractivity contribution is 5.90. The number of aryl methyl sites for hydroxylation is 1. The van der Waals surface area contributed by atoms with Gasteiger partial charge in [-0.1, -0.05) is 30.4 Å². The molecule has 0 atom stereocenters. The second kappa shape index (κ2) is 5.54. The number of H-pyrrole nitrogens is 1. The smallest absolute Gasteiger partial charge is 0.303 e. The Morgan fingerprint density at radius 3 is 2.94 bits per heavy atom. The van der Waals surface area contributed by atoms with Crippen molar-refractivity contribution in [3.05, 3.63) is 41.6 Å². The Bertz CT molecular complexity index is 581. The van der Waals surface area contributed by atoms with E-state index in [1.165, 1.54) is 10.9 Å². The van der Waals surface area contributed by atoms with E-state index >= 15 is 0 Å². The topological polar surface area (TPSA) is 53.1 Å². The molecule has 0 aliphatic rings. The number of carboxylic acids is 1. The maximum atomic E-state index is 10.4. The number of para-hydroxylation sites is 1. The number of fused-ring (bicyclic) bond motifs is 1. The Labute approximate surface area is 106 Å². The minimum atomic E-state index is -0.730. The molecule has 2 aromatic rings. The summed E-state index contributed by atoms with van der Waals surface area (Å²) in [5.74, 6) is -0.730. The standard InChI is InChI=1S/C15H17NO2/c1-11-12(7-3-2-4-10-15(17)18)13-8-5-6-9-14(13)16-11/h3,5-9,16H,2,4,10H2,1H3,(H,17,18)/b7-3+. The van der Waals surface area contributed by atoms with Crippen LogP contribution < -0.4 is 0 Å². The van der Waals surface area contributed by atoms with Crippen molar-refractivity contribution in [3.63, 3.8) is 0 Å². The molecule has 18 heavy (non-hydrogen) atoms. The molecule has 0 aliphatic carbocycles. The number of hydrogen-bond acceptors (Lipinski definition) is 1. The number of allylic oxidation sites excluding steroid dienone is 1. The van der Waals surface area contributed by atoms with Gasteiger partial charge in [0.1, 0.15) is 0 Å². The Morgan fingerprint density at radius 1 is 1.39 bits per heavy atom. The zero-order valence-corrected chi connectivity index (χ0v) is 10.4. The number of unbranched alkanes of at least 4 members (excludes halogenated alkanes) is 1. The Balaban J connectivity index is 2.09. The molecule has 0 fully saturated rings. The van der Waals surface area contributed by atoms with Gasteiger partial charge in [0.25, 0.3) is 0 Å². The highest BCUT2D eigenvalue weighted by Crippen LogP contribution is 2.23. The third-order valence-electron chi connectivity index (χ3n) is 2.99. The monoisotopic (exact) mass is 243 g/mol. The molecule has 2 rings (SSSR count). The number of carbonyl (C=O) groups is 1. The minimum absolute atomic E-state index is 0.233. The normalized spacial score (nSPS) is 11.4. The lowest BCUT2D eigenvalue weighted by Crippen LogP contribution is -1.92. The summed E-state index contributed by atoms with van der Waals surface area (Å²) in [6, 6.07) is 8.19. The van der Waals surface area contributed by atoms with Crippen molar-refractivity contribution in [2.45, 2.75) is 26.2 Å². The quantitative estimate of drug-likeness (QED) is 0.786. The predicted octanol–water partition coefficient (Wildman–Crippen LogP) is 3.74. The van der Waals surface area contributed by atoms with E-state index in [4.69, 9.17) is 5.11 Å². The van der Waals surface area contributed by atoms with Crippen LogP contribution in [0.2, 0.25) is 0 Å². The number of aromatic nitrogens is 1. The SMILES string of the molecule is Cc1[nH]c2ccccc2c1/C=C/CCCC(=O)O. The Hall–Kier alpha value is -2.03. The molecule has 0 unspecified atom stereocenters. The molecule has 0 bridgehead atoms. The van der Waals surface area contributed by atoms with Crippen LogP contribution in [0, 0.1) is 6.92 Å². The summed E-state index contributed by atoms with van der Waals surface area (Å²) in [7, 11) is 0. The van der Waals surface area contributed by atoms with Crippen LogP contribution in [0.3, 0.4) is 0 Å². The first-order chi connectivity index (χ1) is 8.68. The van der Waals surface area contributed by atoms with Crippen LogP contribution in [-0.2, 0) is 4.79 Å². The second-order valence-corrected chi connectivity index (χ2v) is 4.40. The van der Waals surface area contributed by atoms with Crippen molar-refractivity contribution in [2.75, 3.05) is 0 Å². The molecule has 0 spiro atoms. The van der Waals surface area contributed by atoms with Gasteiger partial charge in [-0.2, -0.15) is 0 Å². The molecule has 0 aliphatic heterocycles. The fourth-order valence-electron chi connectivity index (χ4n) is 2.09. The van der Waals surface area contributed by atoms with E-state index in [-0.39, 0.29) is 6.42 Å². The lowest BCUT2D eigenvalue weighted by molar-refractivity contribution is -0.137. The third kappa shape index (κ3) is 2.80. The van der Waals surface area contributed by atoms with Gasteiger partial charge in [0.05, 0.1) is 0 Å². The maximum absolute atomic E-state index is 10.4. The molecule has 0 saturated carbocycles. The predicted molar refractivity (Wildman–Crippen MR) is 73.6 cm³/mol. The van der Waals surface area contributed by atoms with E-state index in [2.05, 4.69) is 30.1 Å². The number of carboxylic acid groups (broad SMARTS) is 1. The van der Waals surface area contributed by atoms with Gasteiger partial charge in [0, 0.05) is 28.6 Å². The van der Waals surface area contributed by atoms with Gasteiger partial charge in [-0.3, -0.25) is 4.79 Å². The molecule has 0 radical (unpaired) electrons.